The van der Waals surface area contributed by atoms with Crippen LogP contribution >= 0.6 is 0 Å². The lowest BCUT2D eigenvalue weighted by Crippen LogP contribution is -2.36. The Balaban J connectivity index is 2.46. The summed E-state index contributed by atoms with van der Waals surface area (Å²) < 4.78 is 0. The monoisotopic (exact) mass is 248 g/mol. The number of nitrogens with two attached hydrogens (primary N) is 1. The predicted molar refractivity (Wildman–Crippen MR) is 75.4 cm³/mol. The fourth-order valence-electron chi connectivity index (χ4n) is 1.83. The molecule has 0 radical (unpaired) electrons. The van der Waals surface area contributed by atoms with Crippen molar-refractivity contribution in [2.45, 2.75) is 26.7 Å². The van der Waals surface area contributed by atoms with Gasteiger partial charge < -0.3 is 10.6 Å². The summed E-state index contributed by atoms with van der Waals surface area (Å²) in [7, 11) is 1.84. The molecule has 2 N–H and O–H groups in total. The van der Waals surface area contributed by atoms with Crippen LogP contribution < -0.4 is 5.73 Å². The van der Waals surface area contributed by atoms with Crippen molar-refractivity contribution < 1.29 is 4.79 Å². The molecule has 0 aliphatic heterocycles. The molecule has 0 aliphatic rings. The Bertz CT molecular complexity index is 373. The first-order valence-electron chi connectivity index (χ1n) is 6.61. The van der Waals surface area contributed by atoms with Crippen molar-refractivity contribution >= 4 is 5.91 Å². The number of hydrogen-bond acceptors (Lipinski definition) is 2. The van der Waals surface area contributed by atoms with Gasteiger partial charge in [-0.3, -0.25) is 4.79 Å². The number of likely N-dealkylation sites (N-methyl/N-ethyl adjacent to an activating group) is 1. The van der Waals surface area contributed by atoms with Crippen LogP contribution in [0.15, 0.2) is 24.3 Å². The average Bonchev–Trinajstić information content (AvgIpc) is 2.43. The molecule has 100 valence electrons. The molecule has 18 heavy (non-hydrogen) atoms. The maximum atomic E-state index is 11.8. The van der Waals surface area contributed by atoms with Crippen molar-refractivity contribution in [3.63, 3.8) is 0 Å². The minimum atomic E-state index is -0.0857. The molecule has 0 spiro atoms. The summed E-state index contributed by atoms with van der Waals surface area (Å²) in [5.41, 5.74) is 8.12. The summed E-state index contributed by atoms with van der Waals surface area (Å²) in [5, 5.41) is 0. The molecule has 1 unspecified atom stereocenters. The second-order valence-corrected chi connectivity index (χ2v) is 4.82. The maximum Gasteiger partial charge on any atom is 0.226 e. The molecule has 0 fully saturated rings. The topological polar surface area (TPSA) is 46.3 Å². The molecule has 1 aromatic rings. The highest BCUT2D eigenvalue weighted by Crippen LogP contribution is 2.07. The van der Waals surface area contributed by atoms with Gasteiger partial charge in [0.05, 0.1) is 0 Å². The van der Waals surface area contributed by atoms with E-state index < -0.39 is 0 Å². The highest BCUT2D eigenvalue weighted by Gasteiger charge is 2.15. The van der Waals surface area contributed by atoms with E-state index in [0.717, 1.165) is 19.4 Å². The first-order chi connectivity index (χ1) is 8.58. The number of hydrogen-bond donors (Lipinski definition) is 1. The molecule has 1 rings (SSSR count). The second-order valence-electron chi connectivity index (χ2n) is 4.82. The molecule has 0 bridgehead atoms. The maximum absolute atomic E-state index is 11.8. The predicted octanol–water partition coefficient (Wildman–Crippen LogP) is 1.84. The minimum absolute atomic E-state index is 0.0857. The highest BCUT2D eigenvalue weighted by atomic mass is 16.2. The van der Waals surface area contributed by atoms with Gasteiger partial charge in [-0.2, -0.15) is 0 Å². The highest BCUT2D eigenvalue weighted by molar-refractivity contribution is 5.78. The van der Waals surface area contributed by atoms with E-state index in [4.69, 9.17) is 5.73 Å². The summed E-state index contributed by atoms with van der Waals surface area (Å²) in [6.45, 7) is 5.17. The van der Waals surface area contributed by atoms with Gasteiger partial charge in [-0.1, -0.05) is 38.1 Å². The summed E-state index contributed by atoms with van der Waals surface area (Å²) in [4.78, 5) is 13.6. The quantitative estimate of drug-likeness (QED) is 0.835. The van der Waals surface area contributed by atoms with E-state index in [-0.39, 0.29) is 11.8 Å². The zero-order chi connectivity index (χ0) is 13.5. The van der Waals surface area contributed by atoms with Crippen molar-refractivity contribution in [3.8, 4) is 0 Å². The Hall–Kier alpha value is -1.35. The summed E-state index contributed by atoms with van der Waals surface area (Å²) >= 11 is 0. The van der Waals surface area contributed by atoms with Gasteiger partial charge in [-0.05, 0) is 24.0 Å². The van der Waals surface area contributed by atoms with Gasteiger partial charge in [0.2, 0.25) is 5.91 Å². The molecule has 0 saturated heterocycles. The van der Waals surface area contributed by atoms with Gasteiger partial charge in [0.25, 0.3) is 0 Å². The Morgan fingerprint density at radius 1 is 1.28 bits per heavy atom. The first kappa shape index (κ1) is 14.7. The molecule has 1 amide bonds. The minimum Gasteiger partial charge on any atom is -0.345 e. The molecule has 0 heterocycles. The number of carbonyl (C=O) groups excluding carboxylic acids is 1. The third-order valence-corrected chi connectivity index (χ3v) is 3.32. The molecule has 3 nitrogen and oxygen atoms in total. The lowest BCUT2D eigenvalue weighted by molar-refractivity contribution is -0.133. The van der Waals surface area contributed by atoms with Gasteiger partial charge in [-0.25, -0.2) is 0 Å². The zero-order valence-corrected chi connectivity index (χ0v) is 11.6. The van der Waals surface area contributed by atoms with Crippen LogP contribution in [0.1, 0.15) is 25.0 Å². The standard InChI is InChI=1S/C15H24N2O/c1-4-13-5-7-14(8-6-13)9-10-17(3)15(18)12(2)11-16/h5-8,12H,4,9-11,16H2,1-3H3. The van der Waals surface area contributed by atoms with E-state index in [1.165, 1.54) is 11.1 Å². The van der Waals surface area contributed by atoms with Crippen LogP contribution in [-0.4, -0.2) is 30.9 Å². The van der Waals surface area contributed by atoms with Gasteiger partial charge >= 0.3 is 0 Å². The molecule has 1 atom stereocenters. The number of aryl methyl sites for hydroxylation is 1. The number of rotatable bonds is 6. The lowest BCUT2D eigenvalue weighted by Gasteiger charge is -2.20. The molecule has 3 heteroatoms. The van der Waals surface area contributed by atoms with Crippen molar-refractivity contribution in [2.75, 3.05) is 20.1 Å². The Kier molecular flexibility index (Phi) is 5.86. The van der Waals surface area contributed by atoms with Crippen LogP contribution in [-0.2, 0) is 17.6 Å². The molecular weight excluding hydrogens is 224 g/mol. The molecule has 0 aliphatic carbocycles. The van der Waals surface area contributed by atoms with Crippen LogP contribution in [0.5, 0.6) is 0 Å². The fraction of sp³-hybridized carbons (Fsp3) is 0.533. The summed E-state index contributed by atoms with van der Waals surface area (Å²) in [6, 6.07) is 8.59. The Morgan fingerprint density at radius 2 is 1.83 bits per heavy atom. The number of benzene rings is 1. The molecule has 0 aromatic heterocycles. The molecule has 1 aromatic carbocycles. The van der Waals surface area contributed by atoms with E-state index in [1.54, 1.807) is 4.90 Å². The zero-order valence-electron chi connectivity index (χ0n) is 11.6. The number of amides is 1. The lowest BCUT2D eigenvalue weighted by atomic mass is 10.1. The normalized spacial score (nSPS) is 12.2. The second kappa shape index (κ2) is 7.17. The van der Waals surface area contributed by atoms with Gasteiger partial charge in [-0.15, -0.1) is 0 Å². The fourth-order valence-corrected chi connectivity index (χ4v) is 1.83. The first-order valence-corrected chi connectivity index (χ1v) is 6.61. The van der Waals surface area contributed by atoms with Crippen LogP contribution in [0.25, 0.3) is 0 Å². The molecule has 0 saturated carbocycles. The van der Waals surface area contributed by atoms with Crippen molar-refractivity contribution in [2.24, 2.45) is 11.7 Å². The summed E-state index contributed by atoms with van der Waals surface area (Å²) in [6.07, 6.45) is 1.95. The van der Waals surface area contributed by atoms with Crippen LogP contribution in [0, 0.1) is 5.92 Å². The van der Waals surface area contributed by atoms with Crippen molar-refractivity contribution in [1.82, 2.24) is 4.90 Å². The van der Waals surface area contributed by atoms with E-state index >= 15 is 0 Å². The Morgan fingerprint density at radius 3 is 2.33 bits per heavy atom. The third-order valence-electron chi connectivity index (χ3n) is 3.32. The van der Waals surface area contributed by atoms with Crippen molar-refractivity contribution in [3.05, 3.63) is 35.4 Å². The Labute approximate surface area is 110 Å². The van der Waals surface area contributed by atoms with E-state index in [1.807, 2.05) is 14.0 Å². The number of carbonyl (C=O) groups is 1. The van der Waals surface area contributed by atoms with Crippen LogP contribution in [0.2, 0.25) is 0 Å². The average molecular weight is 248 g/mol. The largest absolute Gasteiger partial charge is 0.345 e. The molecular formula is C15H24N2O. The van der Waals surface area contributed by atoms with Crippen LogP contribution in [0.3, 0.4) is 0 Å². The van der Waals surface area contributed by atoms with Crippen molar-refractivity contribution in [1.29, 1.82) is 0 Å². The summed E-state index contributed by atoms with van der Waals surface area (Å²) in [5.74, 6) is 0.0418. The smallest absolute Gasteiger partial charge is 0.226 e. The van der Waals surface area contributed by atoms with Gasteiger partial charge in [0.15, 0.2) is 0 Å². The van der Waals surface area contributed by atoms with E-state index in [0.29, 0.717) is 6.54 Å². The number of nitrogens with zero attached hydrogens (tertiary/aromatic N) is 1. The third kappa shape index (κ3) is 4.15. The van der Waals surface area contributed by atoms with E-state index in [9.17, 15) is 4.79 Å². The SMILES string of the molecule is CCc1ccc(CCN(C)C(=O)C(C)CN)cc1. The van der Waals surface area contributed by atoms with Gasteiger partial charge in [0, 0.05) is 26.1 Å². The van der Waals surface area contributed by atoms with Gasteiger partial charge in [0.1, 0.15) is 0 Å². The van der Waals surface area contributed by atoms with E-state index in [2.05, 4.69) is 31.2 Å². The van der Waals surface area contributed by atoms with Crippen LogP contribution in [0.4, 0.5) is 0 Å².